The SMILES string of the molecule is Clc1ccc2c(CCCN3CCC(=C4c5ccccc5C=Cc5ccccc54)CC3)ccnc2c1.Clc1ccc2c(NCCCN3CCC(=C4c5ccccc5C=Cc5ccccc54)CC3)ccnc2c1.Clc1ccc2c(NCCN3CCC(=C4c5ccccc5CCc5ccccc54)CC3)ccnc2c1.O=C1Cc2ccccc2C(=C2CCN(CCCNc3ccnc4cc(Cl)ccc34)CC2)c2ccccc21. The van der Waals surface area contributed by atoms with E-state index in [9.17, 15) is 4.79 Å². The zero-order chi connectivity index (χ0) is 96.7. The number of hydrogen-bond acceptors (Lipinski definition) is 12. The van der Waals surface area contributed by atoms with E-state index in [-0.39, 0.29) is 5.78 Å². The highest BCUT2D eigenvalue weighted by atomic mass is 35.5. The van der Waals surface area contributed by atoms with Crippen LogP contribution in [0.4, 0.5) is 17.1 Å². The van der Waals surface area contributed by atoms with Crippen molar-refractivity contribution in [3.63, 3.8) is 0 Å². The van der Waals surface area contributed by atoms with Crippen LogP contribution in [0.15, 0.2) is 338 Å². The smallest absolute Gasteiger partial charge is 0.167 e. The Balaban J connectivity index is 0.000000113. The first-order valence-corrected chi connectivity index (χ1v) is 52.7. The molecule has 4 aliphatic carbocycles. The summed E-state index contributed by atoms with van der Waals surface area (Å²) in [5.74, 6) is 0.216. The lowest BCUT2D eigenvalue weighted by Gasteiger charge is -2.30. The Morgan fingerprint density at radius 2 is 0.545 bits per heavy atom. The molecule has 4 saturated heterocycles. The average molecular weight is 1960 g/mol. The van der Waals surface area contributed by atoms with Gasteiger partial charge >= 0.3 is 0 Å². The number of hydrogen-bond donors (Lipinski definition) is 3. The highest BCUT2D eigenvalue weighted by Crippen LogP contribution is 2.45. The number of halogens is 4. The van der Waals surface area contributed by atoms with E-state index in [1.807, 2.05) is 116 Å². The van der Waals surface area contributed by atoms with Gasteiger partial charge in [-0.05, 0) is 312 Å². The Hall–Kier alpha value is -13.2. The van der Waals surface area contributed by atoms with Crippen LogP contribution in [0, 0.1) is 0 Å². The largest absolute Gasteiger partial charge is 0.384 e. The molecule has 0 unspecified atom stereocenters. The van der Waals surface area contributed by atoms with Crippen molar-refractivity contribution in [3.05, 3.63) is 453 Å². The number of nitrogens with zero attached hydrogens (tertiary/aromatic N) is 8. The van der Waals surface area contributed by atoms with Gasteiger partial charge in [0, 0.05) is 174 Å². The molecule has 0 spiro atoms. The molecule has 16 heteroatoms. The molecule has 0 saturated carbocycles. The molecule has 4 fully saturated rings. The summed E-state index contributed by atoms with van der Waals surface area (Å²) in [5.41, 5.74) is 41.5. The summed E-state index contributed by atoms with van der Waals surface area (Å²) >= 11 is 24.5. The number of pyridine rings is 4. The first-order chi connectivity index (χ1) is 70.4. The van der Waals surface area contributed by atoms with Gasteiger partial charge in [-0.2, -0.15) is 0 Å². The monoisotopic (exact) mass is 1950 g/mol. The highest BCUT2D eigenvalue weighted by Gasteiger charge is 2.31. The number of aryl methyl sites for hydroxylation is 3. The van der Waals surface area contributed by atoms with Crippen LogP contribution in [0.2, 0.25) is 20.1 Å². The van der Waals surface area contributed by atoms with Crippen LogP contribution < -0.4 is 16.0 Å². The standard InChI is InChI=1S/C32H30ClN3O.C32H30ClN3.C32H29ClN2.C31H30ClN3/c33-24-10-11-28-29(12-16-35-30(28)21-24)34-15-5-17-36-18-13-22(14-19-36)32-25-7-2-1-6-23(25)20-31(37)26-8-3-4-9-27(26)32;33-26-12-13-29-30(14-18-35-31(29)22-26)34-17-5-19-36-20-15-25(16-21-36)32-27-8-3-1-6-23(27)10-11-24-7-2-4-9-28(24)32;33-27-13-14-28-25(15-18-34-31(28)22-27)8-5-19-35-20-16-26(17-21-35)32-29-9-3-1-6-23(29)11-12-24-7-2-4-10-30(24)32;32-25-11-12-28-29(13-16-33-30(28)21-25)34-17-20-35-18-14-24(15-19-35)31-26-7-3-1-5-22(26)9-10-23-6-2-4-8-27(23)31/h1-4,6-12,16,21H,5,13-15,17-20H2,(H,34,35);1-4,6-14,18,22H,5,15-17,19-21H2,(H,34,35);1-4,6-7,9-15,18,22H,5,8,16-17,19-21H2;1-8,11-13,16,21H,9-10,14-15,17-20H2,(H,33,34). The molecule has 4 aromatic heterocycles. The second-order valence-electron chi connectivity index (χ2n) is 38.7. The van der Waals surface area contributed by atoms with E-state index in [0.717, 1.165) is 275 Å². The van der Waals surface area contributed by atoms with Crippen molar-refractivity contribution in [2.24, 2.45) is 0 Å². The normalized spacial score (nSPS) is 15.8. The molecular formula is C127H119Cl4N11O. The van der Waals surface area contributed by atoms with Gasteiger partial charge in [-0.25, -0.2) is 0 Å². The number of benzene rings is 12. The van der Waals surface area contributed by atoms with Crippen LogP contribution in [0.5, 0.6) is 0 Å². The molecule has 716 valence electrons. The van der Waals surface area contributed by atoms with E-state index in [0.29, 0.717) is 11.4 Å². The van der Waals surface area contributed by atoms with Crippen molar-refractivity contribution in [2.75, 3.05) is 114 Å². The van der Waals surface area contributed by atoms with Crippen molar-refractivity contribution in [3.8, 4) is 0 Å². The molecule has 12 nitrogen and oxygen atoms in total. The second-order valence-corrected chi connectivity index (χ2v) is 40.4. The predicted octanol–water partition coefficient (Wildman–Crippen LogP) is 29.7. The Morgan fingerprint density at radius 1 is 0.259 bits per heavy atom. The van der Waals surface area contributed by atoms with Crippen molar-refractivity contribution >= 4 is 159 Å². The number of Topliss-reactive ketones (excluding diaryl/α,β-unsaturated/α-hetero) is 1. The first kappa shape index (κ1) is 95.9. The molecule has 8 heterocycles. The van der Waals surface area contributed by atoms with Crippen molar-refractivity contribution < 1.29 is 4.79 Å². The number of anilines is 3. The van der Waals surface area contributed by atoms with Gasteiger partial charge in [0.25, 0.3) is 0 Å². The summed E-state index contributed by atoms with van der Waals surface area (Å²) in [4.78, 5) is 41.3. The third kappa shape index (κ3) is 22.4. The zero-order valence-electron chi connectivity index (χ0n) is 81.0. The molecular weight excluding hydrogens is 1840 g/mol. The Bertz CT molecular complexity index is 7310. The van der Waals surface area contributed by atoms with Crippen LogP contribution in [0.25, 0.3) is 90.2 Å². The molecule has 0 atom stereocenters. The van der Waals surface area contributed by atoms with Gasteiger partial charge in [0.2, 0.25) is 0 Å². The number of rotatable bonds is 18. The third-order valence-corrected chi connectivity index (χ3v) is 30.9. The zero-order valence-corrected chi connectivity index (χ0v) is 84.1. The molecule has 0 bridgehead atoms. The Morgan fingerprint density at radius 3 is 0.937 bits per heavy atom. The fourth-order valence-electron chi connectivity index (χ4n) is 22.6. The topological polar surface area (TPSA) is 118 Å². The van der Waals surface area contributed by atoms with E-state index in [1.54, 1.807) is 16.7 Å². The van der Waals surface area contributed by atoms with Crippen LogP contribution in [-0.4, -0.2) is 143 Å². The van der Waals surface area contributed by atoms with E-state index >= 15 is 0 Å². The molecule has 8 aliphatic rings. The van der Waals surface area contributed by atoms with Crippen molar-refractivity contribution in [2.45, 2.75) is 96.3 Å². The molecule has 12 aromatic carbocycles. The van der Waals surface area contributed by atoms with Gasteiger partial charge in [0.05, 0.1) is 22.1 Å². The maximum atomic E-state index is 13.0. The number of aromatic nitrogens is 4. The predicted molar refractivity (Wildman–Crippen MR) is 602 cm³/mol. The van der Waals surface area contributed by atoms with Crippen molar-refractivity contribution in [1.29, 1.82) is 0 Å². The Kier molecular flexibility index (Phi) is 30.6. The molecule has 4 aliphatic heterocycles. The summed E-state index contributed by atoms with van der Waals surface area (Å²) in [6.45, 7) is 15.9. The lowest BCUT2D eigenvalue weighted by Crippen LogP contribution is -2.34. The summed E-state index contributed by atoms with van der Waals surface area (Å²) in [6, 6.07) is 102. The first-order valence-electron chi connectivity index (χ1n) is 51.2. The third-order valence-electron chi connectivity index (χ3n) is 29.9. The minimum Gasteiger partial charge on any atom is -0.384 e. The van der Waals surface area contributed by atoms with E-state index in [2.05, 4.69) is 280 Å². The van der Waals surface area contributed by atoms with Gasteiger partial charge in [-0.15, -0.1) is 0 Å². The van der Waals surface area contributed by atoms with Gasteiger partial charge in [-0.3, -0.25) is 24.7 Å². The highest BCUT2D eigenvalue weighted by molar-refractivity contribution is 6.32. The lowest BCUT2D eigenvalue weighted by atomic mass is 9.86. The van der Waals surface area contributed by atoms with Crippen LogP contribution >= 0.6 is 46.4 Å². The minimum absolute atomic E-state index is 0.216. The van der Waals surface area contributed by atoms with E-state index in [1.165, 1.54) is 111 Å². The fourth-order valence-corrected chi connectivity index (χ4v) is 23.3. The quantitative estimate of drug-likeness (QED) is 0.0710. The lowest BCUT2D eigenvalue weighted by molar-refractivity contribution is 0.0993. The fraction of sp³-hybridized carbons (Fsp3) is 0.236. The molecule has 24 rings (SSSR count). The molecule has 143 heavy (non-hydrogen) atoms. The van der Waals surface area contributed by atoms with Gasteiger partial charge in [0.1, 0.15) is 0 Å². The van der Waals surface area contributed by atoms with Gasteiger partial charge in [-0.1, -0.05) is 293 Å². The summed E-state index contributed by atoms with van der Waals surface area (Å²) in [5, 5.41) is 18.3. The van der Waals surface area contributed by atoms with Crippen LogP contribution in [0.3, 0.4) is 0 Å². The van der Waals surface area contributed by atoms with Crippen LogP contribution in [-0.2, 0) is 25.7 Å². The number of fused-ring (bicyclic) bond motifs is 12. The number of carbonyl (C=O) groups excluding carboxylic acids is 1. The van der Waals surface area contributed by atoms with Crippen molar-refractivity contribution in [1.82, 2.24) is 39.5 Å². The summed E-state index contributed by atoms with van der Waals surface area (Å²) in [7, 11) is 0. The number of piperidine rings is 4. The summed E-state index contributed by atoms with van der Waals surface area (Å²) < 4.78 is 0. The number of nitrogens with one attached hydrogen (secondary N) is 3. The van der Waals surface area contributed by atoms with E-state index in [4.69, 9.17) is 46.4 Å². The molecule has 3 N–H and O–H groups in total. The maximum absolute atomic E-state index is 13.0. The minimum atomic E-state index is 0.216. The summed E-state index contributed by atoms with van der Waals surface area (Å²) in [6.07, 6.45) is 32.5. The molecule has 0 amide bonds. The second kappa shape index (κ2) is 45.6. The van der Waals surface area contributed by atoms with E-state index < -0.39 is 0 Å². The maximum Gasteiger partial charge on any atom is 0.167 e. The van der Waals surface area contributed by atoms with Crippen LogP contribution in [0.1, 0.15) is 170 Å². The Labute approximate surface area is 860 Å². The number of likely N-dealkylation sites (tertiary alicyclic amines) is 4. The molecule has 0 radical (unpaired) electrons. The average Bonchev–Trinajstić information content (AvgIpc) is 1.65. The molecule has 16 aromatic rings. The number of carbonyl (C=O) groups is 1. The number of ketones is 1. The van der Waals surface area contributed by atoms with Gasteiger partial charge in [0.15, 0.2) is 5.78 Å². The van der Waals surface area contributed by atoms with Gasteiger partial charge < -0.3 is 35.6 Å².